The number of hydrogen-bond donors (Lipinski definition) is 0. The molecule has 0 fully saturated rings. The third-order valence-corrected chi connectivity index (χ3v) is 2.00. The Balaban J connectivity index is 2.47. The Labute approximate surface area is 90.0 Å². The van der Waals surface area contributed by atoms with Crippen molar-refractivity contribution in [1.29, 1.82) is 0 Å². The van der Waals surface area contributed by atoms with E-state index in [0.717, 1.165) is 5.56 Å². The Morgan fingerprint density at radius 1 is 1.20 bits per heavy atom. The number of methoxy groups -OCH3 is 1. The van der Waals surface area contributed by atoms with Crippen molar-refractivity contribution in [3.63, 3.8) is 0 Å². The standard InChI is InChI=1S/C12H16O3/c1-9-4-10(2)6-11(5-9)7-15-8-12(13)14-3/h4-6H,7-8H2,1-3H3. The van der Waals surface area contributed by atoms with E-state index in [4.69, 9.17) is 4.74 Å². The molecule has 3 nitrogen and oxygen atoms in total. The maximum absolute atomic E-state index is 10.8. The minimum absolute atomic E-state index is 0.00346. The molecule has 0 radical (unpaired) electrons. The van der Waals surface area contributed by atoms with E-state index in [2.05, 4.69) is 10.8 Å². The van der Waals surface area contributed by atoms with Crippen molar-refractivity contribution >= 4 is 5.97 Å². The van der Waals surface area contributed by atoms with E-state index in [1.54, 1.807) is 0 Å². The van der Waals surface area contributed by atoms with Gasteiger partial charge in [-0.3, -0.25) is 0 Å². The van der Waals surface area contributed by atoms with Crippen LogP contribution in [0.3, 0.4) is 0 Å². The van der Waals surface area contributed by atoms with Crippen LogP contribution >= 0.6 is 0 Å². The molecule has 0 spiro atoms. The minimum atomic E-state index is -0.348. The van der Waals surface area contributed by atoms with Crippen molar-refractivity contribution in [2.75, 3.05) is 13.7 Å². The van der Waals surface area contributed by atoms with Crippen LogP contribution in [0, 0.1) is 13.8 Å². The number of carbonyl (C=O) groups is 1. The summed E-state index contributed by atoms with van der Waals surface area (Å²) < 4.78 is 9.68. The highest BCUT2D eigenvalue weighted by Crippen LogP contribution is 2.09. The molecule has 3 heteroatoms. The lowest BCUT2D eigenvalue weighted by Crippen LogP contribution is -2.10. The summed E-state index contributed by atoms with van der Waals surface area (Å²) in [5.41, 5.74) is 3.48. The molecule has 15 heavy (non-hydrogen) atoms. The lowest BCUT2D eigenvalue weighted by atomic mass is 10.1. The molecule has 0 saturated heterocycles. The molecule has 0 heterocycles. The average Bonchev–Trinajstić information content (AvgIpc) is 2.16. The predicted molar refractivity (Wildman–Crippen MR) is 57.6 cm³/mol. The van der Waals surface area contributed by atoms with Crippen molar-refractivity contribution in [2.24, 2.45) is 0 Å². The quantitative estimate of drug-likeness (QED) is 0.710. The molecule has 82 valence electrons. The molecule has 0 N–H and O–H groups in total. The zero-order valence-electron chi connectivity index (χ0n) is 9.37. The Hall–Kier alpha value is -1.35. The number of carbonyl (C=O) groups excluding carboxylic acids is 1. The Morgan fingerprint density at radius 2 is 1.80 bits per heavy atom. The zero-order valence-corrected chi connectivity index (χ0v) is 9.37. The van der Waals surface area contributed by atoms with E-state index in [-0.39, 0.29) is 12.6 Å². The molecule has 0 amide bonds. The van der Waals surface area contributed by atoms with Gasteiger partial charge in [-0.25, -0.2) is 4.79 Å². The average molecular weight is 208 g/mol. The van der Waals surface area contributed by atoms with Gasteiger partial charge in [0, 0.05) is 0 Å². The lowest BCUT2D eigenvalue weighted by molar-refractivity contribution is -0.146. The molecular weight excluding hydrogens is 192 g/mol. The summed E-state index contributed by atoms with van der Waals surface area (Å²) in [6.45, 7) is 4.52. The number of hydrogen-bond acceptors (Lipinski definition) is 3. The molecule has 0 atom stereocenters. The second kappa shape index (κ2) is 5.51. The van der Waals surface area contributed by atoms with Crippen LogP contribution in [0.15, 0.2) is 18.2 Å². The van der Waals surface area contributed by atoms with Gasteiger partial charge >= 0.3 is 5.97 Å². The van der Waals surface area contributed by atoms with Crippen molar-refractivity contribution in [2.45, 2.75) is 20.5 Å². The van der Waals surface area contributed by atoms with Crippen LogP contribution in [0.4, 0.5) is 0 Å². The van der Waals surface area contributed by atoms with Gasteiger partial charge in [-0.15, -0.1) is 0 Å². The van der Waals surface area contributed by atoms with E-state index in [9.17, 15) is 4.79 Å². The van der Waals surface area contributed by atoms with Crippen molar-refractivity contribution in [1.82, 2.24) is 0 Å². The van der Waals surface area contributed by atoms with Crippen LogP contribution in [0.5, 0.6) is 0 Å². The van der Waals surface area contributed by atoms with Gasteiger partial charge in [0.25, 0.3) is 0 Å². The van der Waals surface area contributed by atoms with Crippen molar-refractivity contribution in [3.05, 3.63) is 34.9 Å². The largest absolute Gasteiger partial charge is 0.467 e. The SMILES string of the molecule is COC(=O)COCc1cc(C)cc(C)c1. The first-order valence-corrected chi connectivity index (χ1v) is 4.83. The Kier molecular flexibility index (Phi) is 4.31. The van der Waals surface area contributed by atoms with Crippen LogP contribution < -0.4 is 0 Å². The third-order valence-electron chi connectivity index (χ3n) is 2.00. The summed E-state index contributed by atoms with van der Waals surface area (Å²) in [6.07, 6.45) is 0. The van der Waals surface area contributed by atoms with Crippen LogP contribution in [-0.4, -0.2) is 19.7 Å². The molecule has 0 bridgehead atoms. The second-order valence-corrected chi connectivity index (χ2v) is 3.56. The first kappa shape index (κ1) is 11.7. The highest BCUT2D eigenvalue weighted by Gasteiger charge is 2.01. The van der Waals surface area contributed by atoms with E-state index >= 15 is 0 Å². The molecule has 1 rings (SSSR count). The van der Waals surface area contributed by atoms with Crippen LogP contribution in [0.25, 0.3) is 0 Å². The van der Waals surface area contributed by atoms with Gasteiger partial charge < -0.3 is 9.47 Å². The fourth-order valence-corrected chi connectivity index (χ4v) is 1.46. The molecule has 0 aliphatic heterocycles. The predicted octanol–water partition coefficient (Wildman–Crippen LogP) is 1.99. The summed E-state index contributed by atoms with van der Waals surface area (Å²) in [4.78, 5) is 10.8. The van der Waals surface area contributed by atoms with E-state index in [1.165, 1.54) is 18.2 Å². The minimum Gasteiger partial charge on any atom is -0.467 e. The zero-order chi connectivity index (χ0) is 11.3. The molecule has 0 aliphatic carbocycles. The Morgan fingerprint density at radius 3 is 2.33 bits per heavy atom. The molecule has 1 aromatic rings. The van der Waals surface area contributed by atoms with Crippen molar-refractivity contribution < 1.29 is 14.3 Å². The summed E-state index contributed by atoms with van der Waals surface area (Å²) in [5.74, 6) is -0.348. The van der Waals surface area contributed by atoms with Crippen LogP contribution in [-0.2, 0) is 20.9 Å². The number of rotatable bonds is 4. The highest BCUT2D eigenvalue weighted by atomic mass is 16.6. The molecule has 1 aromatic carbocycles. The summed E-state index contributed by atoms with van der Waals surface area (Å²) in [6, 6.07) is 6.19. The first-order chi connectivity index (χ1) is 7.11. The normalized spacial score (nSPS) is 10.1. The molecular formula is C12H16O3. The lowest BCUT2D eigenvalue weighted by Gasteiger charge is -2.05. The fraction of sp³-hybridized carbons (Fsp3) is 0.417. The van der Waals surface area contributed by atoms with Gasteiger partial charge in [0.1, 0.15) is 6.61 Å². The molecule has 0 aromatic heterocycles. The number of benzene rings is 1. The topological polar surface area (TPSA) is 35.5 Å². The van der Waals surface area contributed by atoms with Crippen LogP contribution in [0.2, 0.25) is 0 Å². The van der Waals surface area contributed by atoms with Crippen molar-refractivity contribution in [3.8, 4) is 0 Å². The maximum atomic E-state index is 10.8. The van der Waals surface area contributed by atoms with Gasteiger partial charge in [-0.2, -0.15) is 0 Å². The Bertz CT molecular complexity index is 324. The summed E-state index contributed by atoms with van der Waals surface area (Å²) >= 11 is 0. The number of ether oxygens (including phenoxy) is 2. The molecule has 0 unspecified atom stereocenters. The third kappa shape index (κ3) is 4.13. The van der Waals surface area contributed by atoms with Gasteiger partial charge in [0.05, 0.1) is 13.7 Å². The number of aryl methyl sites for hydroxylation is 2. The maximum Gasteiger partial charge on any atom is 0.331 e. The number of esters is 1. The van der Waals surface area contributed by atoms with E-state index in [0.29, 0.717) is 6.61 Å². The summed E-state index contributed by atoms with van der Waals surface area (Å²) in [5, 5.41) is 0. The highest BCUT2D eigenvalue weighted by molar-refractivity contribution is 5.70. The fourth-order valence-electron chi connectivity index (χ4n) is 1.46. The summed E-state index contributed by atoms with van der Waals surface area (Å²) in [7, 11) is 1.35. The van der Waals surface area contributed by atoms with Gasteiger partial charge in [-0.1, -0.05) is 29.3 Å². The molecule has 0 aliphatic rings. The van der Waals surface area contributed by atoms with Gasteiger partial charge in [-0.05, 0) is 19.4 Å². The molecule has 0 saturated carbocycles. The smallest absolute Gasteiger partial charge is 0.331 e. The monoisotopic (exact) mass is 208 g/mol. The first-order valence-electron chi connectivity index (χ1n) is 4.83. The van der Waals surface area contributed by atoms with E-state index in [1.807, 2.05) is 26.0 Å². The second-order valence-electron chi connectivity index (χ2n) is 3.56. The van der Waals surface area contributed by atoms with Gasteiger partial charge in [0.15, 0.2) is 0 Å². The van der Waals surface area contributed by atoms with Gasteiger partial charge in [0.2, 0.25) is 0 Å². The van der Waals surface area contributed by atoms with Crippen LogP contribution in [0.1, 0.15) is 16.7 Å². The van der Waals surface area contributed by atoms with E-state index < -0.39 is 0 Å².